The van der Waals surface area contributed by atoms with Crippen LogP contribution in [0.1, 0.15) is 16.9 Å². The van der Waals surface area contributed by atoms with Gasteiger partial charge in [-0.25, -0.2) is 0 Å². The molecular weight excluding hydrogens is 350 g/mol. The van der Waals surface area contributed by atoms with Crippen molar-refractivity contribution in [3.63, 3.8) is 0 Å². The summed E-state index contributed by atoms with van der Waals surface area (Å²) in [4.78, 5) is 13.1. The minimum absolute atomic E-state index is 0.0911. The van der Waals surface area contributed by atoms with Crippen molar-refractivity contribution >= 4 is 33.2 Å². The van der Waals surface area contributed by atoms with E-state index in [-0.39, 0.29) is 5.91 Å². The normalized spacial score (nSPS) is 10.4. The molecule has 1 aromatic heterocycles. The lowest BCUT2D eigenvalue weighted by molar-refractivity contribution is -0.121. The summed E-state index contributed by atoms with van der Waals surface area (Å²) in [6.07, 6.45) is 2.11. The number of hydrogen-bond acceptors (Lipinski definition) is 3. The Bertz CT molecular complexity index is 597. The smallest absolute Gasteiger partial charge is 0.220 e. The summed E-state index contributed by atoms with van der Waals surface area (Å²) in [5.74, 6) is 0.921. The third kappa shape index (κ3) is 5.52. The molecule has 2 aromatic rings. The zero-order chi connectivity index (χ0) is 15.1. The first-order valence-corrected chi connectivity index (χ1v) is 8.42. The van der Waals surface area contributed by atoms with Gasteiger partial charge in [0.1, 0.15) is 5.75 Å². The van der Waals surface area contributed by atoms with Crippen LogP contribution in [-0.2, 0) is 17.6 Å². The van der Waals surface area contributed by atoms with Gasteiger partial charge in [0.2, 0.25) is 5.91 Å². The lowest BCUT2D eigenvalue weighted by Crippen LogP contribution is -2.25. The summed E-state index contributed by atoms with van der Waals surface area (Å²) in [6.45, 7) is 0.684. The molecule has 1 aromatic carbocycles. The first-order chi connectivity index (χ1) is 10.2. The quantitative estimate of drug-likeness (QED) is 0.807. The largest absolute Gasteiger partial charge is 0.497 e. The molecule has 3 nitrogen and oxygen atoms in total. The molecule has 0 fully saturated rings. The van der Waals surface area contributed by atoms with E-state index in [4.69, 9.17) is 4.74 Å². The maximum absolute atomic E-state index is 11.8. The third-order valence-electron chi connectivity index (χ3n) is 3.10. The maximum atomic E-state index is 11.8. The second-order valence-electron chi connectivity index (χ2n) is 4.66. The van der Waals surface area contributed by atoms with Gasteiger partial charge >= 0.3 is 0 Å². The van der Waals surface area contributed by atoms with Crippen LogP contribution in [0, 0.1) is 0 Å². The molecule has 5 heteroatoms. The molecule has 0 unspecified atom stereocenters. The zero-order valence-electron chi connectivity index (χ0n) is 11.9. The molecule has 0 saturated heterocycles. The molecule has 0 aliphatic rings. The molecule has 1 N–H and O–H groups in total. The lowest BCUT2D eigenvalue weighted by Gasteiger charge is -2.06. The number of benzene rings is 1. The van der Waals surface area contributed by atoms with E-state index in [1.54, 1.807) is 18.4 Å². The summed E-state index contributed by atoms with van der Waals surface area (Å²) < 4.78 is 6.30. The van der Waals surface area contributed by atoms with Gasteiger partial charge in [-0.15, -0.1) is 11.3 Å². The molecule has 1 heterocycles. The van der Waals surface area contributed by atoms with Gasteiger partial charge in [0, 0.05) is 17.8 Å². The predicted octanol–water partition coefficient (Wildman–Crippen LogP) is 3.81. The van der Waals surface area contributed by atoms with Crippen molar-refractivity contribution in [1.82, 2.24) is 5.32 Å². The van der Waals surface area contributed by atoms with E-state index in [0.717, 1.165) is 27.9 Å². The molecule has 0 aliphatic carbocycles. The van der Waals surface area contributed by atoms with Crippen molar-refractivity contribution in [2.75, 3.05) is 13.7 Å². The Balaban J connectivity index is 1.69. The maximum Gasteiger partial charge on any atom is 0.220 e. The van der Waals surface area contributed by atoms with Gasteiger partial charge in [0.05, 0.1) is 10.9 Å². The summed E-state index contributed by atoms with van der Waals surface area (Å²) >= 11 is 5.14. The van der Waals surface area contributed by atoms with E-state index >= 15 is 0 Å². The lowest BCUT2D eigenvalue weighted by atomic mass is 10.1. The van der Waals surface area contributed by atoms with E-state index in [1.165, 1.54) is 4.88 Å². The van der Waals surface area contributed by atoms with Crippen LogP contribution in [0.25, 0.3) is 0 Å². The number of amides is 1. The fraction of sp³-hybridized carbons (Fsp3) is 0.312. The highest BCUT2D eigenvalue weighted by atomic mass is 79.9. The number of carbonyl (C=O) groups excluding carboxylic acids is 1. The van der Waals surface area contributed by atoms with Crippen molar-refractivity contribution in [3.05, 3.63) is 50.6 Å². The fourth-order valence-electron chi connectivity index (χ4n) is 1.99. The van der Waals surface area contributed by atoms with Gasteiger partial charge in [-0.1, -0.05) is 12.1 Å². The number of halogens is 1. The molecule has 0 saturated carbocycles. The zero-order valence-corrected chi connectivity index (χ0v) is 14.3. The SMILES string of the molecule is COc1cccc(CCC(=O)NCCc2ccc(Br)s2)c1. The molecule has 0 atom stereocenters. The minimum Gasteiger partial charge on any atom is -0.497 e. The number of rotatable bonds is 7. The molecule has 0 radical (unpaired) electrons. The van der Waals surface area contributed by atoms with E-state index < -0.39 is 0 Å². The molecule has 0 spiro atoms. The number of ether oxygens (including phenoxy) is 1. The van der Waals surface area contributed by atoms with Gasteiger partial charge in [-0.3, -0.25) is 4.79 Å². The molecule has 0 bridgehead atoms. The Hall–Kier alpha value is -1.33. The van der Waals surface area contributed by atoms with Gasteiger partial charge in [-0.05, 0) is 58.6 Å². The highest BCUT2D eigenvalue weighted by molar-refractivity contribution is 9.11. The summed E-state index contributed by atoms with van der Waals surface area (Å²) in [7, 11) is 1.65. The predicted molar refractivity (Wildman–Crippen MR) is 90.0 cm³/mol. The van der Waals surface area contributed by atoms with E-state index in [9.17, 15) is 4.79 Å². The van der Waals surface area contributed by atoms with Gasteiger partial charge in [0.25, 0.3) is 0 Å². The Morgan fingerprint density at radius 3 is 2.86 bits per heavy atom. The van der Waals surface area contributed by atoms with Crippen LogP contribution in [0.4, 0.5) is 0 Å². The molecule has 0 aliphatic heterocycles. The first kappa shape index (κ1) is 16.0. The highest BCUT2D eigenvalue weighted by Gasteiger charge is 2.04. The molecular formula is C16H18BrNO2S. The van der Waals surface area contributed by atoms with Crippen molar-refractivity contribution in [2.24, 2.45) is 0 Å². The average Bonchev–Trinajstić information content (AvgIpc) is 2.91. The number of hydrogen-bond donors (Lipinski definition) is 1. The van der Waals surface area contributed by atoms with E-state index in [0.29, 0.717) is 13.0 Å². The summed E-state index contributed by atoms with van der Waals surface area (Å²) in [5.41, 5.74) is 1.12. The average molecular weight is 368 g/mol. The van der Waals surface area contributed by atoms with E-state index in [1.807, 2.05) is 30.3 Å². The molecule has 1 amide bonds. The second-order valence-corrected chi connectivity index (χ2v) is 7.20. The summed E-state index contributed by atoms with van der Waals surface area (Å²) in [6, 6.07) is 11.9. The van der Waals surface area contributed by atoms with Crippen LogP contribution >= 0.6 is 27.3 Å². The van der Waals surface area contributed by atoms with Crippen molar-refractivity contribution in [1.29, 1.82) is 0 Å². The Labute approximate surface area is 137 Å². The third-order valence-corrected chi connectivity index (χ3v) is 4.78. The number of methoxy groups -OCH3 is 1. The number of thiophene rings is 1. The topological polar surface area (TPSA) is 38.3 Å². The van der Waals surface area contributed by atoms with Crippen molar-refractivity contribution < 1.29 is 9.53 Å². The minimum atomic E-state index is 0.0911. The van der Waals surface area contributed by atoms with E-state index in [2.05, 4.69) is 27.3 Å². The van der Waals surface area contributed by atoms with Gasteiger partial charge in [0.15, 0.2) is 0 Å². The first-order valence-electron chi connectivity index (χ1n) is 6.81. The van der Waals surface area contributed by atoms with Crippen LogP contribution in [0.2, 0.25) is 0 Å². The van der Waals surface area contributed by atoms with Gasteiger partial charge in [-0.2, -0.15) is 0 Å². The fourth-order valence-corrected chi connectivity index (χ4v) is 3.47. The molecule has 21 heavy (non-hydrogen) atoms. The van der Waals surface area contributed by atoms with Crippen LogP contribution in [-0.4, -0.2) is 19.6 Å². The van der Waals surface area contributed by atoms with Crippen LogP contribution in [0.15, 0.2) is 40.2 Å². The van der Waals surface area contributed by atoms with Crippen molar-refractivity contribution in [2.45, 2.75) is 19.3 Å². The van der Waals surface area contributed by atoms with Crippen LogP contribution in [0.5, 0.6) is 5.75 Å². The Kier molecular flexibility index (Phi) is 6.26. The van der Waals surface area contributed by atoms with Crippen LogP contribution < -0.4 is 10.1 Å². The number of carbonyl (C=O) groups is 1. The standard InChI is InChI=1S/C16H18BrNO2S/c1-20-13-4-2-3-12(11-13)5-8-16(19)18-10-9-14-6-7-15(17)21-14/h2-4,6-7,11H,5,8-10H2,1H3,(H,18,19). The Morgan fingerprint density at radius 1 is 1.29 bits per heavy atom. The second kappa shape index (κ2) is 8.20. The highest BCUT2D eigenvalue weighted by Crippen LogP contribution is 2.22. The Morgan fingerprint density at radius 2 is 2.14 bits per heavy atom. The monoisotopic (exact) mass is 367 g/mol. The number of nitrogens with one attached hydrogen (secondary N) is 1. The van der Waals surface area contributed by atoms with Crippen LogP contribution in [0.3, 0.4) is 0 Å². The number of aryl methyl sites for hydroxylation is 1. The molecule has 2 rings (SSSR count). The van der Waals surface area contributed by atoms with Crippen molar-refractivity contribution in [3.8, 4) is 5.75 Å². The van der Waals surface area contributed by atoms with Gasteiger partial charge < -0.3 is 10.1 Å². The summed E-state index contributed by atoms with van der Waals surface area (Å²) in [5, 5.41) is 2.96. The molecule has 112 valence electrons.